The van der Waals surface area contributed by atoms with E-state index in [0.717, 1.165) is 10.9 Å². The van der Waals surface area contributed by atoms with Crippen molar-refractivity contribution in [1.82, 2.24) is 20.3 Å². The van der Waals surface area contributed by atoms with Crippen LogP contribution in [0.15, 0.2) is 42.6 Å². The smallest absolute Gasteiger partial charge is 0.407 e. The number of ether oxygens (including phenoxy) is 2. The topological polar surface area (TPSA) is 102 Å². The predicted molar refractivity (Wildman–Crippen MR) is 137 cm³/mol. The number of nitrogens with zero attached hydrogens (tertiary/aromatic N) is 4. The van der Waals surface area contributed by atoms with Crippen LogP contribution in [0.4, 0.5) is 16.6 Å². The number of pyridine rings is 1. The summed E-state index contributed by atoms with van der Waals surface area (Å²) >= 11 is 6.39. The van der Waals surface area contributed by atoms with Gasteiger partial charge in [0.05, 0.1) is 19.3 Å². The Balaban J connectivity index is 1.59. The number of rotatable bonds is 7. The Morgan fingerprint density at radius 2 is 1.91 bits per heavy atom. The Bertz CT molecular complexity index is 1150. The van der Waals surface area contributed by atoms with E-state index < -0.39 is 11.7 Å². The van der Waals surface area contributed by atoms with Crippen molar-refractivity contribution in [3.05, 3.63) is 53.3 Å². The van der Waals surface area contributed by atoms with Crippen LogP contribution in [0.1, 0.15) is 26.3 Å². The lowest BCUT2D eigenvalue weighted by molar-refractivity contribution is 0.0507. The number of hydrogen-bond acceptors (Lipinski definition) is 8. The van der Waals surface area contributed by atoms with Crippen LogP contribution in [0.5, 0.6) is 0 Å². The first kappa shape index (κ1) is 24.9. The Kier molecular flexibility index (Phi) is 7.87. The molecule has 3 heterocycles. The van der Waals surface area contributed by atoms with E-state index in [1.807, 2.05) is 57.2 Å². The summed E-state index contributed by atoms with van der Waals surface area (Å²) in [6, 6.07) is 11.6. The Morgan fingerprint density at radius 1 is 1.17 bits per heavy atom. The van der Waals surface area contributed by atoms with Crippen LogP contribution >= 0.6 is 11.6 Å². The van der Waals surface area contributed by atoms with Gasteiger partial charge in [0.2, 0.25) is 5.95 Å². The number of carbonyl (C=O) groups excluding carboxylic acids is 1. The number of halogens is 1. The highest BCUT2D eigenvalue weighted by atomic mass is 35.5. The van der Waals surface area contributed by atoms with Crippen molar-refractivity contribution in [2.75, 3.05) is 43.1 Å². The number of alkyl carbamates (subject to hydrolysis) is 1. The lowest BCUT2D eigenvalue weighted by atomic mass is 10.1. The van der Waals surface area contributed by atoms with Crippen LogP contribution in [0, 0.1) is 0 Å². The first-order valence-electron chi connectivity index (χ1n) is 11.7. The molecule has 1 aliphatic rings. The number of anilines is 2. The number of fused-ring (bicyclic) bond motifs is 1. The second kappa shape index (κ2) is 11.0. The normalized spacial score (nSPS) is 15.0. The Morgan fingerprint density at radius 3 is 2.63 bits per heavy atom. The first-order chi connectivity index (χ1) is 16.8. The molecule has 0 spiro atoms. The molecule has 1 amide bonds. The zero-order valence-electron chi connectivity index (χ0n) is 20.3. The van der Waals surface area contributed by atoms with Gasteiger partial charge in [-0.1, -0.05) is 41.9 Å². The number of morpholine rings is 1. The summed E-state index contributed by atoms with van der Waals surface area (Å²) in [6.45, 7) is 8.56. The second-order valence-corrected chi connectivity index (χ2v) is 9.74. The predicted octanol–water partition coefficient (Wildman–Crippen LogP) is 4.06. The number of aromatic nitrogens is 3. The van der Waals surface area contributed by atoms with E-state index in [9.17, 15) is 4.79 Å². The lowest BCUT2D eigenvalue weighted by Crippen LogP contribution is -2.44. The molecule has 10 heteroatoms. The molecule has 2 N–H and O–H groups in total. The van der Waals surface area contributed by atoms with Gasteiger partial charge in [-0.15, -0.1) is 0 Å². The molecule has 3 aromatic rings. The van der Waals surface area contributed by atoms with Crippen LogP contribution in [0.2, 0.25) is 5.15 Å². The van der Waals surface area contributed by atoms with Crippen LogP contribution in [0.25, 0.3) is 10.9 Å². The van der Waals surface area contributed by atoms with Gasteiger partial charge in [0.15, 0.2) is 5.15 Å². The second-order valence-electron chi connectivity index (χ2n) is 9.38. The highest BCUT2D eigenvalue weighted by Gasteiger charge is 2.22. The molecule has 4 rings (SSSR count). The zero-order chi connectivity index (χ0) is 24.8. The molecule has 1 aliphatic heterocycles. The van der Waals surface area contributed by atoms with Gasteiger partial charge in [0, 0.05) is 31.2 Å². The molecule has 0 radical (unpaired) electrons. The summed E-state index contributed by atoms with van der Waals surface area (Å²) in [6.07, 6.45) is 1.79. The van der Waals surface area contributed by atoms with Gasteiger partial charge >= 0.3 is 6.09 Å². The number of amides is 1. The van der Waals surface area contributed by atoms with Gasteiger partial charge in [-0.2, -0.15) is 4.98 Å². The minimum absolute atomic E-state index is 0.249. The van der Waals surface area contributed by atoms with E-state index in [0.29, 0.717) is 61.7 Å². The summed E-state index contributed by atoms with van der Waals surface area (Å²) < 4.78 is 11.0. The van der Waals surface area contributed by atoms with Gasteiger partial charge in [-0.05, 0) is 38.8 Å². The molecular weight excluding hydrogens is 468 g/mol. The molecule has 1 fully saturated rings. The third-order valence-electron chi connectivity index (χ3n) is 5.41. The van der Waals surface area contributed by atoms with E-state index in [1.165, 1.54) is 0 Å². The average Bonchev–Trinajstić information content (AvgIpc) is 2.82. The van der Waals surface area contributed by atoms with Crippen LogP contribution in [-0.4, -0.2) is 65.5 Å². The number of benzene rings is 1. The number of hydrogen-bond donors (Lipinski definition) is 2. The molecular formula is C25H31ClN6O3. The number of carbonyl (C=O) groups is 1. The Labute approximate surface area is 210 Å². The molecule has 1 atom stereocenters. The highest BCUT2D eigenvalue weighted by molar-refractivity contribution is 6.34. The molecule has 0 bridgehead atoms. The fourth-order valence-corrected chi connectivity index (χ4v) is 4.02. The molecule has 2 aromatic heterocycles. The summed E-state index contributed by atoms with van der Waals surface area (Å²) in [4.78, 5) is 28.3. The maximum absolute atomic E-state index is 12.6. The van der Waals surface area contributed by atoms with Crippen LogP contribution in [-0.2, 0) is 15.9 Å². The molecule has 1 aromatic carbocycles. The van der Waals surface area contributed by atoms with Crippen LogP contribution in [0.3, 0.4) is 0 Å². The maximum Gasteiger partial charge on any atom is 0.407 e. The zero-order valence-corrected chi connectivity index (χ0v) is 21.0. The molecule has 0 saturated carbocycles. The quantitative estimate of drug-likeness (QED) is 0.470. The molecule has 1 saturated heterocycles. The van der Waals surface area contributed by atoms with Gasteiger partial charge in [-0.25, -0.2) is 14.8 Å². The van der Waals surface area contributed by atoms with Gasteiger partial charge in [0.1, 0.15) is 16.9 Å². The van der Waals surface area contributed by atoms with E-state index in [-0.39, 0.29) is 6.04 Å². The van der Waals surface area contributed by atoms with Crippen molar-refractivity contribution in [2.45, 2.75) is 38.8 Å². The fourth-order valence-electron chi connectivity index (χ4n) is 3.82. The molecule has 35 heavy (non-hydrogen) atoms. The monoisotopic (exact) mass is 498 g/mol. The van der Waals surface area contributed by atoms with E-state index in [4.69, 9.17) is 26.1 Å². The third kappa shape index (κ3) is 6.93. The van der Waals surface area contributed by atoms with Crippen molar-refractivity contribution in [2.24, 2.45) is 0 Å². The fraction of sp³-hybridized carbons (Fsp3) is 0.440. The van der Waals surface area contributed by atoms with Crippen LogP contribution < -0.4 is 15.5 Å². The summed E-state index contributed by atoms with van der Waals surface area (Å²) in [7, 11) is 0. The van der Waals surface area contributed by atoms with E-state index >= 15 is 0 Å². The van der Waals surface area contributed by atoms with Gasteiger partial charge < -0.3 is 25.0 Å². The minimum Gasteiger partial charge on any atom is -0.444 e. The number of nitrogens with one attached hydrogen (secondary N) is 2. The van der Waals surface area contributed by atoms with Crippen molar-refractivity contribution < 1.29 is 14.3 Å². The van der Waals surface area contributed by atoms with E-state index in [1.54, 1.807) is 6.20 Å². The Hall–Kier alpha value is -3.17. The highest BCUT2D eigenvalue weighted by Crippen LogP contribution is 2.27. The SMILES string of the molecule is CC(C)(C)OC(=O)N[C@H](CNc1nc(N2CCOCC2)nc2c(Cl)nccc12)Cc1ccccc1. The third-order valence-corrected chi connectivity index (χ3v) is 5.69. The average molecular weight is 499 g/mol. The van der Waals surface area contributed by atoms with Crippen molar-refractivity contribution in [3.63, 3.8) is 0 Å². The minimum atomic E-state index is -0.589. The first-order valence-corrected chi connectivity index (χ1v) is 12.1. The van der Waals surface area contributed by atoms with Gasteiger partial charge in [-0.3, -0.25) is 0 Å². The van der Waals surface area contributed by atoms with Gasteiger partial charge in [0.25, 0.3) is 0 Å². The molecule has 186 valence electrons. The summed E-state index contributed by atoms with van der Waals surface area (Å²) in [5, 5.41) is 7.49. The molecule has 0 unspecified atom stereocenters. The summed E-state index contributed by atoms with van der Waals surface area (Å²) in [5.41, 5.74) is 1.09. The van der Waals surface area contributed by atoms with Crippen molar-refractivity contribution >= 4 is 40.4 Å². The maximum atomic E-state index is 12.6. The largest absolute Gasteiger partial charge is 0.444 e. The standard InChI is InChI=1S/C25H31ClN6O3/c1-25(2,3)35-24(33)29-18(15-17-7-5-4-6-8-17)16-28-22-19-9-10-27-21(26)20(19)30-23(31-22)32-11-13-34-14-12-32/h4-10,18H,11-16H2,1-3H3,(H,29,33)(H,28,30,31)/t18-/m0/s1. The summed E-state index contributed by atoms with van der Waals surface area (Å²) in [5.74, 6) is 1.20. The lowest BCUT2D eigenvalue weighted by Gasteiger charge is -2.28. The van der Waals surface area contributed by atoms with Crippen molar-refractivity contribution in [3.8, 4) is 0 Å². The van der Waals surface area contributed by atoms with Crippen molar-refractivity contribution in [1.29, 1.82) is 0 Å². The van der Waals surface area contributed by atoms with E-state index in [2.05, 4.69) is 25.5 Å². The molecule has 0 aliphatic carbocycles. The molecule has 9 nitrogen and oxygen atoms in total.